The lowest BCUT2D eigenvalue weighted by Gasteiger charge is -2.31. The number of nitrogens with two attached hydrogens (primary N) is 1. The molecule has 1 heterocycles. The lowest BCUT2D eigenvalue weighted by molar-refractivity contribution is -0.134. The first-order valence-corrected chi connectivity index (χ1v) is 8.94. The standard InChI is InChI=1S/C21H22N2O4/c22-21(26)17-6-8-18(9-7-17)27-14-19(24)23-12-10-16(11-13-23)20(25)15-4-2-1-3-5-15/h1-9,16H,10-14H2,(H2,22,26). The molecule has 2 amide bonds. The fraction of sp³-hybridized carbons (Fsp3) is 0.286. The number of carbonyl (C=O) groups is 3. The Kier molecular flexibility index (Phi) is 5.86. The van der Waals surface area contributed by atoms with Gasteiger partial charge in [-0.3, -0.25) is 14.4 Å². The number of primary amides is 1. The van der Waals surface area contributed by atoms with E-state index in [1.165, 1.54) is 0 Å². The highest BCUT2D eigenvalue weighted by Crippen LogP contribution is 2.22. The summed E-state index contributed by atoms with van der Waals surface area (Å²) in [6, 6.07) is 15.6. The van der Waals surface area contributed by atoms with Gasteiger partial charge < -0.3 is 15.4 Å². The maximum atomic E-state index is 12.5. The second-order valence-electron chi connectivity index (χ2n) is 6.56. The van der Waals surface area contributed by atoms with Crippen LogP contribution >= 0.6 is 0 Å². The van der Waals surface area contributed by atoms with Gasteiger partial charge in [-0.2, -0.15) is 0 Å². The summed E-state index contributed by atoms with van der Waals surface area (Å²) in [5, 5.41) is 0. The van der Waals surface area contributed by atoms with Crippen molar-refractivity contribution in [2.24, 2.45) is 11.7 Å². The van der Waals surface area contributed by atoms with Crippen LogP contribution in [-0.2, 0) is 4.79 Å². The van der Waals surface area contributed by atoms with Crippen molar-refractivity contribution >= 4 is 17.6 Å². The number of ether oxygens (including phenoxy) is 1. The van der Waals surface area contributed by atoms with Crippen molar-refractivity contribution in [3.63, 3.8) is 0 Å². The normalized spacial score (nSPS) is 14.6. The van der Waals surface area contributed by atoms with Crippen LogP contribution in [0, 0.1) is 5.92 Å². The van der Waals surface area contributed by atoms with E-state index in [-0.39, 0.29) is 24.2 Å². The first-order valence-electron chi connectivity index (χ1n) is 8.94. The zero-order valence-corrected chi connectivity index (χ0v) is 15.0. The van der Waals surface area contributed by atoms with Gasteiger partial charge in [0, 0.05) is 30.1 Å². The summed E-state index contributed by atoms with van der Waals surface area (Å²) in [6.45, 7) is 1.02. The first kappa shape index (κ1) is 18.6. The summed E-state index contributed by atoms with van der Waals surface area (Å²) in [4.78, 5) is 37.6. The SMILES string of the molecule is NC(=O)c1ccc(OCC(=O)N2CCC(C(=O)c3ccccc3)CC2)cc1. The van der Waals surface area contributed by atoms with E-state index in [9.17, 15) is 14.4 Å². The number of rotatable bonds is 6. The molecule has 0 radical (unpaired) electrons. The predicted octanol–water partition coefficient (Wildman–Crippen LogP) is 2.29. The zero-order valence-electron chi connectivity index (χ0n) is 15.0. The van der Waals surface area contributed by atoms with Gasteiger partial charge in [0.1, 0.15) is 5.75 Å². The molecule has 2 aromatic rings. The molecule has 140 valence electrons. The molecule has 6 heteroatoms. The van der Waals surface area contributed by atoms with E-state index in [4.69, 9.17) is 10.5 Å². The Morgan fingerprint density at radius 3 is 2.15 bits per heavy atom. The van der Waals surface area contributed by atoms with E-state index >= 15 is 0 Å². The quantitative estimate of drug-likeness (QED) is 0.794. The molecule has 0 unspecified atom stereocenters. The van der Waals surface area contributed by atoms with Gasteiger partial charge in [-0.15, -0.1) is 0 Å². The Balaban J connectivity index is 1.47. The van der Waals surface area contributed by atoms with Crippen LogP contribution in [-0.4, -0.2) is 42.2 Å². The van der Waals surface area contributed by atoms with Gasteiger partial charge in [0.05, 0.1) is 0 Å². The van der Waals surface area contributed by atoms with Crippen LogP contribution in [0.3, 0.4) is 0 Å². The molecule has 0 spiro atoms. The molecule has 6 nitrogen and oxygen atoms in total. The average molecular weight is 366 g/mol. The zero-order chi connectivity index (χ0) is 19.2. The van der Waals surface area contributed by atoms with Crippen LogP contribution in [0.1, 0.15) is 33.6 Å². The molecule has 0 bridgehead atoms. The van der Waals surface area contributed by atoms with Crippen molar-refractivity contribution in [2.75, 3.05) is 19.7 Å². The van der Waals surface area contributed by atoms with Crippen LogP contribution < -0.4 is 10.5 Å². The Hall–Kier alpha value is -3.15. The van der Waals surface area contributed by atoms with Crippen molar-refractivity contribution in [2.45, 2.75) is 12.8 Å². The number of nitrogens with zero attached hydrogens (tertiary/aromatic N) is 1. The van der Waals surface area contributed by atoms with Crippen molar-refractivity contribution < 1.29 is 19.1 Å². The number of hydrogen-bond donors (Lipinski definition) is 1. The molecule has 3 rings (SSSR count). The Morgan fingerprint density at radius 2 is 1.56 bits per heavy atom. The molecule has 0 aliphatic carbocycles. The van der Waals surface area contributed by atoms with E-state index in [2.05, 4.69) is 0 Å². The maximum absolute atomic E-state index is 12.5. The highest BCUT2D eigenvalue weighted by molar-refractivity contribution is 5.98. The number of likely N-dealkylation sites (tertiary alicyclic amines) is 1. The van der Waals surface area contributed by atoms with E-state index in [1.54, 1.807) is 29.2 Å². The Labute approximate surface area is 157 Å². The highest BCUT2D eigenvalue weighted by Gasteiger charge is 2.27. The van der Waals surface area contributed by atoms with Crippen LogP contribution in [0.5, 0.6) is 5.75 Å². The largest absolute Gasteiger partial charge is 0.484 e. The van der Waals surface area contributed by atoms with Crippen molar-refractivity contribution in [3.05, 3.63) is 65.7 Å². The van der Waals surface area contributed by atoms with E-state index < -0.39 is 5.91 Å². The van der Waals surface area contributed by atoms with Crippen molar-refractivity contribution in [3.8, 4) is 5.75 Å². The van der Waals surface area contributed by atoms with Crippen LogP contribution in [0.25, 0.3) is 0 Å². The third kappa shape index (κ3) is 4.73. The van der Waals surface area contributed by atoms with Crippen molar-refractivity contribution in [1.29, 1.82) is 0 Å². The molecular weight excluding hydrogens is 344 g/mol. The topological polar surface area (TPSA) is 89.7 Å². The second kappa shape index (κ2) is 8.49. The molecule has 0 atom stereocenters. The number of ketones is 1. The third-order valence-electron chi connectivity index (χ3n) is 4.78. The molecule has 0 aromatic heterocycles. The van der Waals surface area contributed by atoms with Crippen molar-refractivity contribution in [1.82, 2.24) is 4.90 Å². The number of piperidine rings is 1. The number of benzene rings is 2. The smallest absolute Gasteiger partial charge is 0.260 e. The van der Waals surface area contributed by atoms with Gasteiger partial charge in [0.2, 0.25) is 5.91 Å². The van der Waals surface area contributed by atoms with Gasteiger partial charge in [-0.05, 0) is 37.1 Å². The van der Waals surface area contributed by atoms with E-state index in [0.29, 0.717) is 37.2 Å². The van der Waals surface area contributed by atoms with Gasteiger partial charge in [0.15, 0.2) is 12.4 Å². The summed E-state index contributed by atoms with van der Waals surface area (Å²) in [6.07, 6.45) is 1.32. The van der Waals surface area contributed by atoms with E-state index in [1.807, 2.05) is 30.3 Å². The minimum Gasteiger partial charge on any atom is -0.484 e. The molecular formula is C21H22N2O4. The molecule has 1 aliphatic rings. The fourth-order valence-corrected chi connectivity index (χ4v) is 3.18. The first-order chi connectivity index (χ1) is 13.0. The monoisotopic (exact) mass is 366 g/mol. The van der Waals surface area contributed by atoms with Gasteiger partial charge in [0.25, 0.3) is 5.91 Å². The van der Waals surface area contributed by atoms with Crippen LogP contribution in [0.4, 0.5) is 0 Å². The molecule has 1 fully saturated rings. The summed E-state index contributed by atoms with van der Waals surface area (Å²) in [5.74, 6) is -0.0140. The van der Waals surface area contributed by atoms with Crippen LogP contribution in [0.2, 0.25) is 0 Å². The summed E-state index contributed by atoms with van der Waals surface area (Å²) < 4.78 is 5.49. The lowest BCUT2D eigenvalue weighted by Crippen LogP contribution is -2.42. The Bertz CT molecular complexity index is 810. The molecule has 1 saturated heterocycles. The maximum Gasteiger partial charge on any atom is 0.260 e. The molecule has 0 saturated carbocycles. The predicted molar refractivity (Wildman–Crippen MR) is 101 cm³/mol. The van der Waals surface area contributed by atoms with E-state index in [0.717, 1.165) is 5.56 Å². The summed E-state index contributed by atoms with van der Waals surface area (Å²) in [5.41, 5.74) is 6.30. The fourth-order valence-electron chi connectivity index (χ4n) is 3.18. The number of amides is 2. The minimum atomic E-state index is -0.509. The van der Waals surface area contributed by atoms with Gasteiger partial charge in [-0.25, -0.2) is 0 Å². The lowest BCUT2D eigenvalue weighted by atomic mass is 9.89. The Morgan fingerprint density at radius 1 is 0.926 bits per heavy atom. The minimum absolute atomic E-state index is 0.0429. The molecule has 27 heavy (non-hydrogen) atoms. The molecule has 1 aliphatic heterocycles. The highest BCUT2D eigenvalue weighted by atomic mass is 16.5. The third-order valence-corrected chi connectivity index (χ3v) is 4.78. The average Bonchev–Trinajstić information content (AvgIpc) is 2.72. The second-order valence-corrected chi connectivity index (χ2v) is 6.56. The number of carbonyl (C=O) groups excluding carboxylic acids is 3. The number of hydrogen-bond acceptors (Lipinski definition) is 4. The summed E-state index contributed by atoms with van der Waals surface area (Å²) in [7, 11) is 0. The van der Waals surface area contributed by atoms with Crippen LogP contribution in [0.15, 0.2) is 54.6 Å². The molecule has 2 N–H and O–H groups in total. The van der Waals surface area contributed by atoms with Gasteiger partial charge >= 0.3 is 0 Å². The summed E-state index contributed by atoms with van der Waals surface area (Å²) >= 11 is 0. The molecule has 2 aromatic carbocycles. The van der Waals surface area contributed by atoms with Gasteiger partial charge in [-0.1, -0.05) is 30.3 Å². The number of Topliss-reactive ketones (excluding diaryl/α,β-unsaturated/α-hetero) is 1.